The Labute approximate surface area is 335 Å². The van der Waals surface area contributed by atoms with Crippen molar-refractivity contribution in [1.82, 2.24) is 0 Å². The Balaban J connectivity index is 1.25. The number of fused-ring (bicyclic) bond motifs is 6. The molecule has 268 valence electrons. The molecule has 2 heterocycles. The Morgan fingerprint density at radius 2 is 0.912 bits per heavy atom. The lowest BCUT2D eigenvalue weighted by atomic mass is 9.87. The van der Waals surface area contributed by atoms with Crippen LogP contribution in [0.1, 0.15) is 0 Å². The third-order valence-electron chi connectivity index (χ3n) is 11.1. The van der Waals surface area contributed by atoms with Gasteiger partial charge in [-0.1, -0.05) is 170 Å². The van der Waals surface area contributed by atoms with Crippen LogP contribution in [0.2, 0.25) is 0 Å². The van der Waals surface area contributed by atoms with E-state index in [-0.39, 0.29) is 0 Å². The number of furan rings is 1. The van der Waals surface area contributed by atoms with Gasteiger partial charge in [0.15, 0.2) is 0 Å². The lowest BCUT2D eigenvalue weighted by Crippen LogP contribution is -2.13. The second-order valence-electron chi connectivity index (χ2n) is 14.4. The van der Waals surface area contributed by atoms with Gasteiger partial charge in [-0.2, -0.15) is 0 Å². The van der Waals surface area contributed by atoms with E-state index in [0.29, 0.717) is 0 Å². The van der Waals surface area contributed by atoms with Crippen molar-refractivity contribution in [3.8, 4) is 44.5 Å². The highest BCUT2D eigenvalue weighted by Gasteiger charge is 2.26. The number of rotatable bonds is 7. The molecule has 0 amide bonds. The molecule has 57 heavy (non-hydrogen) atoms. The molecule has 0 aliphatic carbocycles. The van der Waals surface area contributed by atoms with Crippen molar-refractivity contribution in [2.24, 2.45) is 0 Å². The maximum atomic E-state index is 6.39. The smallest absolute Gasteiger partial charge is 0.135 e. The molecular formula is C54H35NOS. The van der Waals surface area contributed by atoms with Crippen LogP contribution < -0.4 is 4.90 Å². The molecule has 0 bridgehead atoms. The maximum Gasteiger partial charge on any atom is 0.135 e. The summed E-state index contributed by atoms with van der Waals surface area (Å²) in [4.78, 5) is 2.48. The lowest BCUT2D eigenvalue weighted by Gasteiger charge is -2.31. The van der Waals surface area contributed by atoms with Crippen LogP contribution in [0.15, 0.2) is 217 Å². The quantitative estimate of drug-likeness (QED) is 0.162. The minimum atomic E-state index is 0.871. The number of benzene rings is 9. The van der Waals surface area contributed by atoms with Crippen molar-refractivity contribution in [1.29, 1.82) is 0 Å². The highest BCUT2D eigenvalue weighted by molar-refractivity contribution is 7.26. The van der Waals surface area contributed by atoms with Crippen molar-refractivity contribution in [2.75, 3.05) is 4.90 Å². The molecule has 0 spiro atoms. The molecule has 0 fully saturated rings. The van der Waals surface area contributed by atoms with Gasteiger partial charge >= 0.3 is 0 Å². The van der Waals surface area contributed by atoms with Crippen molar-refractivity contribution >= 4 is 70.5 Å². The number of para-hydroxylation sites is 2. The highest BCUT2D eigenvalue weighted by Crippen LogP contribution is 2.51. The average molecular weight is 746 g/mol. The summed E-state index contributed by atoms with van der Waals surface area (Å²) >= 11 is 1.87. The summed E-state index contributed by atoms with van der Waals surface area (Å²) in [6, 6.07) is 76.5. The predicted octanol–water partition coefficient (Wildman–Crippen LogP) is 16.1. The third-order valence-corrected chi connectivity index (χ3v) is 12.3. The van der Waals surface area contributed by atoms with Crippen molar-refractivity contribution in [3.63, 3.8) is 0 Å². The number of hydrogen-bond acceptors (Lipinski definition) is 3. The summed E-state index contributed by atoms with van der Waals surface area (Å²) in [5.74, 6) is 0. The normalized spacial score (nSPS) is 11.5. The second-order valence-corrected chi connectivity index (χ2v) is 15.4. The monoisotopic (exact) mass is 745 g/mol. The average Bonchev–Trinajstić information content (AvgIpc) is 3.86. The fourth-order valence-corrected chi connectivity index (χ4v) is 9.79. The SMILES string of the molecule is c1ccc(-c2ccccc2-c2c(-c3ccccc3)cccc2N(c2ccc3oc4ccccc4c3c2)c2ccccc2-c2cccc3c2sc2ccccc23)cc1. The minimum absolute atomic E-state index is 0.871. The van der Waals surface area contributed by atoms with E-state index in [1.807, 2.05) is 17.4 Å². The van der Waals surface area contributed by atoms with Crippen LogP contribution >= 0.6 is 11.3 Å². The first-order valence-corrected chi connectivity index (χ1v) is 20.2. The van der Waals surface area contributed by atoms with Crippen LogP contribution in [-0.2, 0) is 0 Å². The first kappa shape index (κ1) is 33.2. The van der Waals surface area contributed by atoms with Crippen LogP contribution in [0.25, 0.3) is 86.6 Å². The van der Waals surface area contributed by atoms with E-state index in [1.165, 1.54) is 53.6 Å². The van der Waals surface area contributed by atoms with Gasteiger partial charge in [-0.15, -0.1) is 11.3 Å². The molecule has 2 nitrogen and oxygen atoms in total. The summed E-state index contributed by atoms with van der Waals surface area (Å²) in [7, 11) is 0. The van der Waals surface area contributed by atoms with E-state index in [1.54, 1.807) is 0 Å². The second kappa shape index (κ2) is 13.8. The van der Waals surface area contributed by atoms with Gasteiger partial charge in [0, 0.05) is 53.3 Å². The Bertz CT molecular complexity index is 3250. The number of hydrogen-bond donors (Lipinski definition) is 0. The molecule has 11 aromatic rings. The van der Waals surface area contributed by atoms with E-state index in [2.05, 4.69) is 211 Å². The molecule has 0 aliphatic rings. The van der Waals surface area contributed by atoms with E-state index in [9.17, 15) is 0 Å². The van der Waals surface area contributed by atoms with Gasteiger partial charge in [-0.3, -0.25) is 0 Å². The van der Waals surface area contributed by atoms with Crippen LogP contribution in [0.4, 0.5) is 17.1 Å². The van der Waals surface area contributed by atoms with Crippen LogP contribution in [0, 0.1) is 0 Å². The van der Waals surface area contributed by atoms with Gasteiger partial charge in [0.1, 0.15) is 11.2 Å². The minimum Gasteiger partial charge on any atom is -0.456 e. The van der Waals surface area contributed by atoms with Crippen LogP contribution in [0.5, 0.6) is 0 Å². The maximum absolute atomic E-state index is 6.39. The van der Waals surface area contributed by atoms with Crippen LogP contribution in [-0.4, -0.2) is 0 Å². The van der Waals surface area contributed by atoms with E-state index < -0.39 is 0 Å². The zero-order chi connectivity index (χ0) is 37.7. The Morgan fingerprint density at radius 1 is 0.351 bits per heavy atom. The summed E-state index contributed by atoms with van der Waals surface area (Å²) in [5, 5.41) is 4.76. The molecule has 2 aromatic heterocycles. The molecule has 0 unspecified atom stereocenters. The molecule has 0 radical (unpaired) electrons. The van der Waals surface area contributed by atoms with E-state index in [4.69, 9.17) is 4.42 Å². The molecule has 0 saturated heterocycles. The first-order chi connectivity index (χ1) is 28.3. The molecule has 0 saturated carbocycles. The van der Waals surface area contributed by atoms with Gasteiger partial charge in [-0.05, 0) is 70.3 Å². The van der Waals surface area contributed by atoms with Crippen molar-refractivity contribution in [2.45, 2.75) is 0 Å². The number of anilines is 3. The molecular weight excluding hydrogens is 711 g/mol. The van der Waals surface area contributed by atoms with Gasteiger partial charge < -0.3 is 9.32 Å². The Morgan fingerprint density at radius 3 is 1.74 bits per heavy atom. The molecule has 0 atom stereocenters. The first-order valence-electron chi connectivity index (χ1n) is 19.3. The van der Waals surface area contributed by atoms with Gasteiger partial charge in [0.25, 0.3) is 0 Å². The van der Waals surface area contributed by atoms with Gasteiger partial charge in [0.05, 0.1) is 11.4 Å². The van der Waals surface area contributed by atoms with Gasteiger partial charge in [-0.25, -0.2) is 0 Å². The Hall–Kier alpha value is -7.20. The van der Waals surface area contributed by atoms with Gasteiger partial charge in [0.2, 0.25) is 0 Å². The zero-order valence-corrected chi connectivity index (χ0v) is 31.8. The highest BCUT2D eigenvalue weighted by atomic mass is 32.1. The van der Waals surface area contributed by atoms with Crippen molar-refractivity contribution < 1.29 is 4.42 Å². The largest absolute Gasteiger partial charge is 0.456 e. The standard InChI is InChI=1S/C54H35NOS/c1-3-17-36(18-4-1)39-21-7-8-25-44(39)53-40(37-19-5-2-6-20-37)26-16-30-49(53)55(38-33-34-51-47(35-38)42-23-10-13-31-50(42)56-51)48-29-12-9-22-41(48)45-27-15-28-46-43-24-11-14-32-52(43)57-54(45)46/h1-35H. The summed E-state index contributed by atoms with van der Waals surface area (Å²) in [6.07, 6.45) is 0. The van der Waals surface area contributed by atoms with Crippen molar-refractivity contribution in [3.05, 3.63) is 212 Å². The van der Waals surface area contributed by atoms with E-state index >= 15 is 0 Å². The zero-order valence-electron chi connectivity index (χ0n) is 31.0. The fraction of sp³-hybridized carbons (Fsp3) is 0. The number of thiophene rings is 1. The summed E-state index contributed by atoms with van der Waals surface area (Å²) in [5.41, 5.74) is 14.4. The molecule has 11 rings (SSSR count). The molecule has 0 aliphatic heterocycles. The third kappa shape index (κ3) is 5.63. The molecule has 3 heteroatoms. The van der Waals surface area contributed by atoms with E-state index in [0.717, 1.165) is 50.1 Å². The topological polar surface area (TPSA) is 16.4 Å². The molecule has 9 aromatic carbocycles. The lowest BCUT2D eigenvalue weighted by molar-refractivity contribution is 0.669. The fourth-order valence-electron chi connectivity index (χ4n) is 8.56. The molecule has 0 N–H and O–H groups in total. The Kier molecular flexibility index (Phi) is 8.04. The summed E-state index contributed by atoms with van der Waals surface area (Å²) < 4.78 is 8.97. The predicted molar refractivity (Wildman–Crippen MR) is 243 cm³/mol. The van der Waals surface area contributed by atoms with Crippen LogP contribution in [0.3, 0.4) is 0 Å². The summed E-state index contributed by atoms with van der Waals surface area (Å²) in [6.45, 7) is 0. The number of nitrogens with zero attached hydrogens (tertiary/aromatic N) is 1.